The number of carbonyl (C=O) groups excluding carboxylic acids is 1. The van der Waals surface area contributed by atoms with Gasteiger partial charge in [-0.05, 0) is 18.8 Å². The molecule has 0 spiro atoms. The van der Waals surface area contributed by atoms with Gasteiger partial charge in [-0.2, -0.15) is 0 Å². The Bertz CT molecular complexity index is 306. The summed E-state index contributed by atoms with van der Waals surface area (Å²) in [6.45, 7) is 5.97. The third kappa shape index (κ3) is 3.72. The molecule has 18 heavy (non-hydrogen) atoms. The Kier molecular flexibility index (Phi) is 5.17. The highest BCUT2D eigenvalue weighted by atomic mass is 16.4. The number of rotatable bonds is 5. The second kappa shape index (κ2) is 6.21. The lowest BCUT2D eigenvalue weighted by atomic mass is 9.75. The van der Waals surface area contributed by atoms with Crippen molar-refractivity contribution in [2.24, 2.45) is 17.3 Å². The first-order valence-electron chi connectivity index (χ1n) is 6.88. The number of carboxylic acid groups (broad SMARTS) is 1. The minimum absolute atomic E-state index is 0.0223. The van der Waals surface area contributed by atoms with Crippen molar-refractivity contribution in [2.45, 2.75) is 52.9 Å². The first kappa shape index (κ1) is 15.0. The fourth-order valence-corrected chi connectivity index (χ4v) is 2.58. The summed E-state index contributed by atoms with van der Waals surface area (Å²) in [6.07, 6.45) is 5.22. The molecule has 0 radical (unpaired) electrons. The van der Waals surface area contributed by atoms with Crippen LogP contribution in [-0.4, -0.2) is 23.5 Å². The van der Waals surface area contributed by atoms with E-state index in [2.05, 4.69) is 5.32 Å². The van der Waals surface area contributed by atoms with Crippen LogP contribution in [0, 0.1) is 17.3 Å². The highest BCUT2D eigenvalue weighted by Crippen LogP contribution is 2.35. The summed E-state index contributed by atoms with van der Waals surface area (Å²) in [6, 6.07) is 0. The summed E-state index contributed by atoms with van der Waals surface area (Å²) in [7, 11) is 0. The number of hydrogen-bond donors (Lipinski definition) is 2. The summed E-state index contributed by atoms with van der Waals surface area (Å²) < 4.78 is 0. The van der Waals surface area contributed by atoms with E-state index in [9.17, 15) is 9.59 Å². The van der Waals surface area contributed by atoms with Gasteiger partial charge in [-0.25, -0.2) is 0 Å². The molecule has 0 bridgehead atoms. The standard InChI is InChI=1S/C14H25NO3/c1-10(2)11(12(16)17)9-15-13(18)14(3)7-5-4-6-8-14/h10-11H,4-9H2,1-3H3,(H,15,18)(H,16,17). The van der Waals surface area contributed by atoms with E-state index in [4.69, 9.17) is 5.11 Å². The highest BCUT2D eigenvalue weighted by molar-refractivity contribution is 5.83. The lowest BCUT2D eigenvalue weighted by molar-refractivity contribution is -0.143. The molecule has 1 fully saturated rings. The quantitative estimate of drug-likeness (QED) is 0.793. The SMILES string of the molecule is CC(C)C(CNC(=O)C1(C)CCCCC1)C(=O)O. The van der Waals surface area contributed by atoms with Crippen molar-refractivity contribution < 1.29 is 14.7 Å². The van der Waals surface area contributed by atoms with E-state index in [0.717, 1.165) is 25.7 Å². The van der Waals surface area contributed by atoms with Crippen LogP contribution in [0.4, 0.5) is 0 Å². The van der Waals surface area contributed by atoms with Gasteiger partial charge in [0.1, 0.15) is 0 Å². The molecular formula is C14H25NO3. The summed E-state index contributed by atoms with van der Waals surface area (Å²) in [5, 5.41) is 11.9. The predicted octanol–water partition coefficient (Wildman–Crippen LogP) is 2.43. The fraction of sp³-hybridized carbons (Fsp3) is 0.857. The maximum atomic E-state index is 12.2. The van der Waals surface area contributed by atoms with Gasteiger partial charge in [-0.3, -0.25) is 9.59 Å². The molecule has 1 rings (SSSR count). The molecule has 104 valence electrons. The zero-order chi connectivity index (χ0) is 13.8. The van der Waals surface area contributed by atoms with E-state index < -0.39 is 11.9 Å². The Morgan fingerprint density at radius 1 is 1.22 bits per heavy atom. The van der Waals surface area contributed by atoms with Crippen LogP contribution in [0.2, 0.25) is 0 Å². The van der Waals surface area contributed by atoms with Crippen LogP contribution in [0.3, 0.4) is 0 Å². The second-order valence-electron chi connectivity index (χ2n) is 6.02. The molecule has 0 aromatic heterocycles. The Morgan fingerprint density at radius 3 is 2.22 bits per heavy atom. The van der Waals surface area contributed by atoms with Crippen LogP contribution in [0.1, 0.15) is 52.9 Å². The van der Waals surface area contributed by atoms with Gasteiger partial charge in [-0.15, -0.1) is 0 Å². The number of hydrogen-bond acceptors (Lipinski definition) is 2. The summed E-state index contributed by atoms with van der Waals surface area (Å²) in [5.74, 6) is -1.28. The molecule has 1 amide bonds. The molecule has 1 aliphatic rings. The smallest absolute Gasteiger partial charge is 0.308 e. The average Bonchev–Trinajstić information content (AvgIpc) is 2.29. The molecule has 0 saturated heterocycles. The van der Waals surface area contributed by atoms with Crippen molar-refractivity contribution in [2.75, 3.05) is 6.54 Å². The fourth-order valence-electron chi connectivity index (χ4n) is 2.58. The van der Waals surface area contributed by atoms with Crippen LogP contribution in [-0.2, 0) is 9.59 Å². The predicted molar refractivity (Wildman–Crippen MR) is 70.2 cm³/mol. The molecule has 1 saturated carbocycles. The molecule has 1 atom stereocenters. The van der Waals surface area contributed by atoms with Gasteiger partial charge < -0.3 is 10.4 Å². The monoisotopic (exact) mass is 255 g/mol. The zero-order valence-electron chi connectivity index (χ0n) is 11.7. The summed E-state index contributed by atoms with van der Waals surface area (Å²) in [4.78, 5) is 23.2. The molecule has 0 heterocycles. The van der Waals surface area contributed by atoms with Gasteiger partial charge in [0.25, 0.3) is 0 Å². The van der Waals surface area contributed by atoms with Crippen LogP contribution >= 0.6 is 0 Å². The van der Waals surface area contributed by atoms with Crippen LogP contribution < -0.4 is 5.32 Å². The number of carboxylic acids is 1. The second-order valence-corrected chi connectivity index (χ2v) is 6.02. The van der Waals surface area contributed by atoms with E-state index in [1.165, 1.54) is 6.42 Å². The van der Waals surface area contributed by atoms with Crippen LogP contribution in [0.15, 0.2) is 0 Å². The lowest BCUT2D eigenvalue weighted by Crippen LogP contribution is -2.44. The molecule has 0 aromatic carbocycles. The Hall–Kier alpha value is -1.06. The van der Waals surface area contributed by atoms with Crippen molar-refractivity contribution >= 4 is 11.9 Å². The first-order chi connectivity index (χ1) is 8.37. The van der Waals surface area contributed by atoms with E-state index in [0.29, 0.717) is 0 Å². The molecule has 0 aliphatic heterocycles. The minimum atomic E-state index is -0.834. The molecular weight excluding hydrogens is 230 g/mol. The average molecular weight is 255 g/mol. The normalized spacial score (nSPS) is 20.4. The molecule has 4 nitrogen and oxygen atoms in total. The van der Waals surface area contributed by atoms with E-state index in [1.807, 2.05) is 20.8 Å². The number of carbonyl (C=O) groups is 2. The van der Waals surface area contributed by atoms with Gasteiger partial charge in [-0.1, -0.05) is 40.0 Å². The maximum Gasteiger partial charge on any atom is 0.308 e. The maximum absolute atomic E-state index is 12.2. The van der Waals surface area contributed by atoms with Crippen molar-refractivity contribution in [1.29, 1.82) is 0 Å². The van der Waals surface area contributed by atoms with Gasteiger partial charge >= 0.3 is 5.97 Å². The van der Waals surface area contributed by atoms with Gasteiger partial charge in [0, 0.05) is 12.0 Å². The molecule has 1 aliphatic carbocycles. The molecule has 0 aromatic rings. The number of aliphatic carboxylic acids is 1. The summed E-state index contributed by atoms with van der Waals surface area (Å²) >= 11 is 0. The van der Waals surface area contributed by atoms with E-state index >= 15 is 0 Å². The van der Waals surface area contributed by atoms with E-state index in [1.54, 1.807) is 0 Å². The first-order valence-corrected chi connectivity index (χ1v) is 6.88. The largest absolute Gasteiger partial charge is 0.481 e. The minimum Gasteiger partial charge on any atom is -0.481 e. The number of nitrogens with one attached hydrogen (secondary N) is 1. The zero-order valence-corrected chi connectivity index (χ0v) is 11.7. The van der Waals surface area contributed by atoms with Gasteiger partial charge in [0.2, 0.25) is 5.91 Å². The van der Waals surface area contributed by atoms with Crippen LogP contribution in [0.5, 0.6) is 0 Å². The summed E-state index contributed by atoms with van der Waals surface area (Å²) in [5.41, 5.74) is -0.293. The van der Waals surface area contributed by atoms with Crippen molar-refractivity contribution in [3.8, 4) is 0 Å². The molecule has 1 unspecified atom stereocenters. The van der Waals surface area contributed by atoms with Crippen LogP contribution in [0.25, 0.3) is 0 Å². The highest BCUT2D eigenvalue weighted by Gasteiger charge is 2.35. The topological polar surface area (TPSA) is 66.4 Å². The lowest BCUT2D eigenvalue weighted by Gasteiger charge is -2.32. The van der Waals surface area contributed by atoms with Crippen molar-refractivity contribution in [3.05, 3.63) is 0 Å². The Balaban J connectivity index is 2.51. The van der Waals surface area contributed by atoms with Gasteiger partial charge in [0.05, 0.1) is 5.92 Å². The van der Waals surface area contributed by atoms with Crippen molar-refractivity contribution in [3.63, 3.8) is 0 Å². The Labute approximate surface area is 109 Å². The third-order valence-electron chi connectivity index (χ3n) is 4.11. The molecule has 2 N–H and O–H groups in total. The third-order valence-corrected chi connectivity index (χ3v) is 4.11. The van der Waals surface area contributed by atoms with Crippen molar-refractivity contribution in [1.82, 2.24) is 5.32 Å². The van der Waals surface area contributed by atoms with Gasteiger partial charge in [0.15, 0.2) is 0 Å². The Morgan fingerprint density at radius 2 is 1.78 bits per heavy atom. The number of amides is 1. The molecule has 4 heteroatoms. The van der Waals surface area contributed by atoms with E-state index in [-0.39, 0.29) is 23.8 Å².